The Balaban J connectivity index is -0.000000288. The Labute approximate surface area is 374 Å². The number of rotatable bonds is 30. The molecule has 2 N–H and O–H groups in total. The molecule has 0 radical (unpaired) electrons. The molecule has 0 aromatic carbocycles. The van der Waals surface area contributed by atoms with Crippen LogP contribution in [-0.4, -0.2) is 145 Å². The highest BCUT2D eigenvalue weighted by atomic mass is 19.4. The molecule has 0 unspecified atom stereocenters. The smallest absolute Gasteiger partial charge is 0.460 e. The number of esters is 4. The molecule has 29 heteroatoms. The van der Waals surface area contributed by atoms with Gasteiger partial charge < -0.3 is 48.5 Å². The summed E-state index contributed by atoms with van der Waals surface area (Å²) in [6.07, 6.45) is -17.2. The molecule has 0 aromatic heterocycles. The van der Waals surface area contributed by atoms with Crippen molar-refractivity contribution in [3.63, 3.8) is 0 Å². The van der Waals surface area contributed by atoms with Gasteiger partial charge in [-0.1, -0.05) is 56.0 Å². The fraction of sp³-hybridized carbons (Fsp3) is 0.622. The van der Waals surface area contributed by atoms with E-state index in [-0.39, 0.29) is 56.1 Å². The van der Waals surface area contributed by atoms with E-state index in [9.17, 15) is 72.7 Å². The van der Waals surface area contributed by atoms with Crippen LogP contribution < -0.4 is 10.6 Å². The summed E-state index contributed by atoms with van der Waals surface area (Å²) >= 11 is 0. The van der Waals surface area contributed by atoms with Gasteiger partial charge in [-0.2, -0.15) is 26.3 Å². The summed E-state index contributed by atoms with van der Waals surface area (Å²) in [5.74, 6) is -9.98. The van der Waals surface area contributed by atoms with Crippen molar-refractivity contribution in [2.24, 2.45) is 0 Å². The Morgan fingerprint density at radius 1 is 0.485 bits per heavy atom. The first-order chi connectivity index (χ1) is 28.6. The maximum Gasteiger partial charge on any atom is 0.492 e. The van der Waals surface area contributed by atoms with Crippen LogP contribution in [0.25, 0.3) is 0 Å². The number of nitrogens with one attached hydrogen (secondary N) is 2. The van der Waals surface area contributed by atoms with E-state index in [1.807, 2.05) is 0 Å². The molecule has 0 aromatic rings. The van der Waals surface area contributed by atoms with E-state index in [4.69, 9.17) is 23.7 Å². The molecular weight excluding hydrogens is 934 g/mol. The standard InChI is InChI=1S/C19H22F9NO10.C14H20FNO7.4CH4/c1-4-12(30)35-8-15(3,9-36-13(31)5-2)29-14(32)34-7-6-33-11-38-17(23,24)16(21,22)18(25,26)39-19(27,28)37-10-20;1-4-11(17)22-8-14(3,9-23-12(18)5-2)16-13(19)21-7-6-20-10-15;;;;/h4-5H,1-2,6-11H2,3H3,(H,29,32);4-5H,1-2,6-10H2,3H3,(H,16,19);4*1H4. The third-order valence-corrected chi connectivity index (χ3v) is 6.13. The molecule has 0 rings (SSSR count). The quantitative estimate of drug-likeness (QED) is 0.0191. The molecule has 0 bridgehead atoms. The van der Waals surface area contributed by atoms with Crippen LogP contribution in [0, 0.1) is 0 Å². The third kappa shape index (κ3) is 29.8. The van der Waals surface area contributed by atoms with Crippen molar-refractivity contribution in [3.05, 3.63) is 50.6 Å². The van der Waals surface area contributed by atoms with Crippen LogP contribution >= 0.6 is 0 Å². The Morgan fingerprint density at radius 2 is 0.818 bits per heavy atom. The van der Waals surface area contributed by atoms with Gasteiger partial charge in [-0.25, -0.2) is 42.3 Å². The number of amides is 2. The monoisotopic (exact) mass is 992 g/mol. The lowest BCUT2D eigenvalue weighted by molar-refractivity contribution is -0.531. The molecule has 0 atom stereocenters. The Kier molecular flexibility index (Phi) is 38.0. The Hall–Kier alpha value is -5.52. The van der Waals surface area contributed by atoms with Gasteiger partial charge in [0, 0.05) is 24.3 Å². The van der Waals surface area contributed by atoms with Crippen molar-refractivity contribution in [2.75, 3.05) is 73.4 Å². The first-order valence-electron chi connectivity index (χ1n) is 16.5. The van der Waals surface area contributed by atoms with E-state index in [2.05, 4.69) is 65.4 Å². The number of hydrogen-bond donors (Lipinski definition) is 2. The number of carbonyl (C=O) groups is 6. The molecule has 2 amide bonds. The molecule has 0 aliphatic rings. The first-order valence-corrected chi connectivity index (χ1v) is 16.5. The van der Waals surface area contributed by atoms with E-state index in [0.29, 0.717) is 0 Å². The second kappa shape index (κ2) is 34.8. The van der Waals surface area contributed by atoms with Crippen LogP contribution in [0.1, 0.15) is 43.6 Å². The number of alkyl halides is 10. The van der Waals surface area contributed by atoms with Gasteiger partial charge in [0.05, 0.1) is 13.2 Å². The number of halogens is 10. The second-order valence-corrected chi connectivity index (χ2v) is 11.5. The molecule has 0 heterocycles. The third-order valence-electron chi connectivity index (χ3n) is 6.13. The van der Waals surface area contributed by atoms with Crippen LogP contribution in [0.4, 0.5) is 53.5 Å². The van der Waals surface area contributed by atoms with Crippen molar-refractivity contribution >= 4 is 36.1 Å². The highest BCUT2D eigenvalue weighted by molar-refractivity contribution is 5.82. The minimum Gasteiger partial charge on any atom is -0.460 e. The number of ether oxygens (including phenoxy) is 11. The summed E-state index contributed by atoms with van der Waals surface area (Å²) in [6.45, 7) is 6.50. The van der Waals surface area contributed by atoms with Crippen molar-refractivity contribution in [1.29, 1.82) is 0 Å². The van der Waals surface area contributed by atoms with Gasteiger partial charge >= 0.3 is 60.5 Å². The Bertz CT molecular complexity index is 1460. The summed E-state index contributed by atoms with van der Waals surface area (Å²) < 4.78 is 174. The molecule has 0 saturated heterocycles. The zero-order chi connectivity index (χ0) is 48.3. The lowest BCUT2D eigenvalue weighted by Crippen LogP contribution is -2.58. The van der Waals surface area contributed by atoms with Gasteiger partial charge in [0.2, 0.25) is 0 Å². The topological polar surface area (TPSA) is 228 Å². The number of alkyl carbamates (subject to hydrolysis) is 2. The van der Waals surface area contributed by atoms with Crippen molar-refractivity contribution in [3.8, 4) is 0 Å². The molecular formula is C37H58F10N2O17. The predicted octanol–water partition coefficient (Wildman–Crippen LogP) is 6.67. The molecule has 66 heavy (non-hydrogen) atoms. The summed E-state index contributed by atoms with van der Waals surface area (Å²) in [7, 11) is 0. The Morgan fingerprint density at radius 3 is 1.12 bits per heavy atom. The van der Waals surface area contributed by atoms with Crippen LogP contribution in [0.2, 0.25) is 0 Å². The summed E-state index contributed by atoms with van der Waals surface area (Å²) in [4.78, 5) is 68.3. The molecule has 0 saturated carbocycles. The van der Waals surface area contributed by atoms with Crippen molar-refractivity contribution in [1.82, 2.24) is 10.6 Å². The normalized spacial score (nSPS) is 11.2. The van der Waals surface area contributed by atoms with Gasteiger partial charge in [-0.3, -0.25) is 9.47 Å². The molecule has 388 valence electrons. The SMILES string of the molecule is C.C.C.C.C=CC(=O)OCC(C)(COC(=O)C=C)NC(=O)OCCOCF.C=CC(=O)OCC(C)(COC(=O)C=C)NC(=O)OCCOCOC(F)(F)C(F)(F)C(F)(F)OC(F)(F)OCF. The summed E-state index contributed by atoms with van der Waals surface area (Å²) in [5, 5.41) is 4.54. The highest BCUT2D eigenvalue weighted by Crippen LogP contribution is 2.49. The van der Waals surface area contributed by atoms with E-state index in [1.165, 1.54) is 13.8 Å². The zero-order valence-electron chi connectivity index (χ0n) is 32.6. The lowest BCUT2D eigenvalue weighted by Gasteiger charge is -2.32. The maximum atomic E-state index is 13.4. The van der Waals surface area contributed by atoms with E-state index < -0.39 is 119 Å². The maximum absolute atomic E-state index is 13.4. The minimum atomic E-state index is -6.74. The van der Waals surface area contributed by atoms with Crippen LogP contribution in [0.15, 0.2) is 50.6 Å². The van der Waals surface area contributed by atoms with Gasteiger partial charge in [0.25, 0.3) is 0 Å². The fourth-order valence-electron chi connectivity index (χ4n) is 3.13. The summed E-state index contributed by atoms with van der Waals surface area (Å²) in [6, 6.07) is 0. The van der Waals surface area contributed by atoms with Crippen molar-refractivity contribution in [2.45, 2.75) is 79.1 Å². The fourth-order valence-corrected chi connectivity index (χ4v) is 3.13. The van der Waals surface area contributed by atoms with E-state index in [0.717, 1.165) is 24.3 Å². The average Bonchev–Trinajstić information content (AvgIpc) is 3.19. The zero-order valence-corrected chi connectivity index (χ0v) is 32.6. The number of hydrogen-bond acceptors (Lipinski definition) is 17. The molecule has 0 aliphatic carbocycles. The first kappa shape index (κ1) is 72.1. The van der Waals surface area contributed by atoms with Gasteiger partial charge in [0.1, 0.15) is 50.7 Å². The average molecular weight is 993 g/mol. The van der Waals surface area contributed by atoms with Gasteiger partial charge in [-0.15, -0.1) is 8.78 Å². The minimum absolute atomic E-state index is 0. The van der Waals surface area contributed by atoms with Crippen LogP contribution in [0.5, 0.6) is 0 Å². The predicted molar refractivity (Wildman–Crippen MR) is 209 cm³/mol. The highest BCUT2D eigenvalue weighted by Gasteiger charge is 2.76. The largest absolute Gasteiger partial charge is 0.492 e. The molecule has 0 aliphatic heterocycles. The number of carbonyl (C=O) groups excluding carboxylic acids is 6. The molecule has 19 nitrogen and oxygen atoms in total. The van der Waals surface area contributed by atoms with Gasteiger partial charge in [-0.05, 0) is 13.8 Å². The molecule has 0 spiro atoms. The van der Waals surface area contributed by atoms with Crippen molar-refractivity contribution < 1.29 is 125 Å². The second-order valence-electron chi connectivity index (χ2n) is 11.5. The van der Waals surface area contributed by atoms with Crippen LogP contribution in [0.3, 0.4) is 0 Å². The molecule has 0 fully saturated rings. The van der Waals surface area contributed by atoms with Crippen LogP contribution in [-0.2, 0) is 71.3 Å². The summed E-state index contributed by atoms with van der Waals surface area (Å²) in [5.41, 5.74) is -2.82. The van der Waals surface area contributed by atoms with Gasteiger partial charge in [0.15, 0.2) is 20.5 Å². The van der Waals surface area contributed by atoms with E-state index in [1.54, 1.807) is 0 Å². The lowest BCUT2D eigenvalue weighted by atomic mass is 10.1. The van der Waals surface area contributed by atoms with E-state index >= 15 is 0 Å².